The van der Waals surface area contributed by atoms with Gasteiger partial charge < -0.3 is 10.2 Å². The number of aromatic hydroxyl groups is 2. The van der Waals surface area contributed by atoms with Crippen LogP contribution in [0.1, 0.15) is 11.1 Å². The van der Waals surface area contributed by atoms with Gasteiger partial charge in [0.2, 0.25) is 0 Å². The van der Waals surface area contributed by atoms with Crippen LogP contribution in [0.2, 0.25) is 0 Å². The Morgan fingerprint density at radius 2 is 0.824 bits per heavy atom. The van der Waals surface area contributed by atoms with Crippen molar-refractivity contribution in [3.8, 4) is 11.5 Å². The number of aryl methyl sites for hydroxylation is 2. The zero-order valence-corrected chi connectivity index (χ0v) is 12.9. The van der Waals surface area contributed by atoms with E-state index in [4.69, 9.17) is 10.2 Å². The molecule has 0 fully saturated rings. The van der Waals surface area contributed by atoms with Crippen LogP contribution in [0.4, 0.5) is 0 Å². The summed E-state index contributed by atoms with van der Waals surface area (Å²) in [5, 5.41) is 17.5. The summed E-state index contributed by atoms with van der Waals surface area (Å²) in [6.45, 7) is 3.97. The van der Waals surface area contributed by atoms with Gasteiger partial charge in [-0.15, -0.1) is 0 Å². The van der Waals surface area contributed by atoms with E-state index in [2.05, 4.69) is 0 Å². The van der Waals surface area contributed by atoms with Crippen molar-refractivity contribution in [1.29, 1.82) is 0 Å². The predicted molar refractivity (Wildman–Crippen MR) is 65.7 cm³/mol. The molecule has 0 amide bonds. The van der Waals surface area contributed by atoms with Crippen LogP contribution < -0.4 is 0 Å². The van der Waals surface area contributed by atoms with Crippen LogP contribution >= 0.6 is 0 Å². The monoisotopic (exact) mass is 305 g/mol. The minimum Gasteiger partial charge on any atom is -0.508 e. The normalized spacial score (nSPS) is 8.59. The third kappa shape index (κ3) is 7.14. The van der Waals surface area contributed by atoms with Crippen LogP contribution in [0, 0.1) is 13.8 Å². The van der Waals surface area contributed by atoms with Crippen molar-refractivity contribution in [2.45, 2.75) is 13.8 Å². The Balaban J connectivity index is 0.000000284. The Kier molecular flexibility index (Phi) is 7.85. The summed E-state index contributed by atoms with van der Waals surface area (Å²) >= 11 is 0. The molecule has 0 atom stereocenters. The zero-order chi connectivity index (χ0) is 12.0. The second-order valence-corrected chi connectivity index (χ2v) is 3.67. The second kappa shape index (κ2) is 8.27. The molecule has 0 bridgehead atoms. The summed E-state index contributed by atoms with van der Waals surface area (Å²) in [5.74, 6) is 0.659. The van der Waals surface area contributed by atoms with Gasteiger partial charge in [-0.3, -0.25) is 0 Å². The Morgan fingerprint density at radius 3 is 1.00 bits per heavy atom. The predicted octanol–water partition coefficient (Wildman–Crippen LogP) is 3.40. The summed E-state index contributed by atoms with van der Waals surface area (Å²) in [4.78, 5) is 0. The zero-order valence-electron chi connectivity index (χ0n) is 10.1. The summed E-state index contributed by atoms with van der Waals surface area (Å²) in [6, 6.07) is 14.2. The van der Waals surface area contributed by atoms with Gasteiger partial charge in [-0.25, -0.2) is 0 Å². The second-order valence-electron chi connectivity index (χ2n) is 3.67. The molecular formula is C14H16O2Y. The maximum atomic E-state index is 8.76. The molecule has 3 heteroatoms. The maximum absolute atomic E-state index is 8.76. The van der Waals surface area contributed by atoms with Crippen LogP contribution in [-0.2, 0) is 32.7 Å². The van der Waals surface area contributed by atoms with Crippen LogP contribution in [0.3, 0.4) is 0 Å². The number of phenolic OH excluding ortho intramolecular Hbond substituents is 2. The maximum Gasteiger partial charge on any atom is 0.115 e. The minimum absolute atomic E-state index is 0. The molecule has 0 aliphatic heterocycles. The van der Waals surface area contributed by atoms with E-state index in [1.165, 1.54) is 11.1 Å². The van der Waals surface area contributed by atoms with Gasteiger partial charge in [-0.2, -0.15) is 0 Å². The molecule has 2 nitrogen and oxygen atoms in total. The van der Waals surface area contributed by atoms with Crippen molar-refractivity contribution < 1.29 is 42.9 Å². The molecule has 0 unspecified atom stereocenters. The molecule has 0 aromatic heterocycles. The number of hydrogen-bond donors (Lipinski definition) is 2. The van der Waals surface area contributed by atoms with Crippen molar-refractivity contribution in [3.63, 3.8) is 0 Å². The van der Waals surface area contributed by atoms with Gasteiger partial charge in [0.25, 0.3) is 0 Å². The fourth-order valence-electron chi connectivity index (χ4n) is 1.09. The molecule has 0 heterocycles. The smallest absolute Gasteiger partial charge is 0.115 e. The van der Waals surface area contributed by atoms with Crippen molar-refractivity contribution in [1.82, 2.24) is 0 Å². The van der Waals surface area contributed by atoms with Gasteiger partial charge in [0.05, 0.1) is 0 Å². The number of rotatable bonds is 0. The van der Waals surface area contributed by atoms with Gasteiger partial charge in [0.1, 0.15) is 11.5 Å². The molecule has 2 aromatic rings. The Hall–Kier alpha value is -0.856. The number of phenols is 2. The van der Waals surface area contributed by atoms with E-state index in [-0.39, 0.29) is 32.7 Å². The minimum atomic E-state index is 0. The Bertz CT molecular complexity index is 335. The van der Waals surface area contributed by atoms with Crippen molar-refractivity contribution in [3.05, 3.63) is 59.7 Å². The van der Waals surface area contributed by atoms with E-state index in [1.54, 1.807) is 24.3 Å². The summed E-state index contributed by atoms with van der Waals surface area (Å²) in [6.07, 6.45) is 0. The van der Waals surface area contributed by atoms with E-state index >= 15 is 0 Å². The van der Waals surface area contributed by atoms with Gasteiger partial charge in [0, 0.05) is 32.7 Å². The molecular weight excluding hydrogens is 289 g/mol. The first kappa shape index (κ1) is 16.1. The fourth-order valence-corrected chi connectivity index (χ4v) is 1.09. The van der Waals surface area contributed by atoms with Gasteiger partial charge in [-0.1, -0.05) is 35.4 Å². The molecule has 0 spiro atoms. The average Bonchev–Trinajstić information content (AvgIpc) is 2.28. The third-order valence-corrected chi connectivity index (χ3v) is 2.07. The third-order valence-electron chi connectivity index (χ3n) is 2.07. The van der Waals surface area contributed by atoms with Crippen LogP contribution in [0.25, 0.3) is 0 Å². The molecule has 0 aliphatic rings. The molecule has 2 aromatic carbocycles. The molecule has 2 N–H and O–H groups in total. The number of hydrogen-bond acceptors (Lipinski definition) is 2. The molecule has 0 aliphatic carbocycles. The SMILES string of the molecule is Cc1ccc(O)cc1.Cc1ccc(O)cc1.[Y]. The van der Waals surface area contributed by atoms with E-state index in [0.29, 0.717) is 11.5 Å². The van der Waals surface area contributed by atoms with Gasteiger partial charge in [0.15, 0.2) is 0 Å². The first-order valence-electron chi connectivity index (χ1n) is 5.09. The molecule has 17 heavy (non-hydrogen) atoms. The molecule has 87 valence electrons. The quantitative estimate of drug-likeness (QED) is 0.783. The average molecular weight is 305 g/mol. The Labute approximate surface area is 127 Å². The van der Waals surface area contributed by atoms with E-state index in [1.807, 2.05) is 38.1 Å². The fraction of sp³-hybridized carbons (Fsp3) is 0.143. The van der Waals surface area contributed by atoms with Crippen LogP contribution in [-0.4, -0.2) is 10.2 Å². The van der Waals surface area contributed by atoms with Gasteiger partial charge >= 0.3 is 0 Å². The molecule has 2 rings (SSSR count). The molecule has 1 radical (unpaired) electrons. The van der Waals surface area contributed by atoms with E-state index < -0.39 is 0 Å². The van der Waals surface area contributed by atoms with Gasteiger partial charge in [-0.05, 0) is 38.1 Å². The molecule has 0 saturated carbocycles. The van der Waals surface area contributed by atoms with Crippen molar-refractivity contribution in [2.24, 2.45) is 0 Å². The van der Waals surface area contributed by atoms with E-state index in [0.717, 1.165) is 0 Å². The first-order valence-corrected chi connectivity index (χ1v) is 5.09. The summed E-state index contributed by atoms with van der Waals surface area (Å²) < 4.78 is 0. The Morgan fingerprint density at radius 1 is 0.588 bits per heavy atom. The summed E-state index contributed by atoms with van der Waals surface area (Å²) in [5.41, 5.74) is 2.34. The largest absolute Gasteiger partial charge is 0.508 e. The molecule has 0 saturated heterocycles. The standard InChI is InChI=1S/2C7H8O.Y/c2*1-6-2-4-7(8)5-3-6;/h2*2-5,8H,1H3;. The number of benzene rings is 2. The first-order chi connectivity index (χ1) is 7.58. The summed E-state index contributed by atoms with van der Waals surface area (Å²) in [7, 11) is 0. The van der Waals surface area contributed by atoms with Crippen LogP contribution in [0.5, 0.6) is 11.5 Å². The topological polar surface area (TPSA) is 40.5 Å². The van der Waals surface area contributed by atoms with Crippen LogP contribution in [0.15, 0.2) is 48.5 Å². The van der Waals surface area contributed by atoms with Crippen molar-refractivity contribution >= 4 is 0 Å². The van der Waals surface area contributed by atoms with Crippen molar-refractivity contribution in [2.75, 3.05) is 0 Å². The van der Waals surface area contributed by atoms with E-state index in [9.17, 15) is 0 Å².